The molecule has 2 aliphatic rings. The summed E-state index contributed by atoms with van der Waals surface area (Å²) < 4.78 is 85.6. The molecule has 2 atom stereocenters. The molecule has 2 aromatic carbocycles. The standard InChI is InChI=1S/C30H32ClF5N4O4Si/c1-45(2,3)14-13-43-18-40-23(15-37-27(40)29(42,30(34,35)36)19-5-7-20(32)8-6-19)26(41)39-12-4-11-28(16-39)24-22(38-17-44-28)10-9-21(31)25(24)33/h5-10,15,17,42H,4,11-14,16,18H2,1-3H3/t28-,29?/m0/s1. The molecule has 1 amide bonds. The third-order valence-corrected chi connectivity index (χ3v) is 10.0. The summed E-state index contributed by atoms with van der Waals surface area (Å²) in [6, 6.07) is 6.78. The van der Waals surface area contributed by atoms with Gasteiger partial charge in [-0.3, -0.25) is 9.36 Å². The average Bonchev–Trinajstić information content (AvgIpc) is 3.40. The van der Waals surface area contributed by atoms with Crippen LogP contribution >= 0.6 is 11.6 Å². The van der Waals surface area contributed by atoms with Gasteiger partial charge in [0.05, 0.1) is 29.0 Å². The van der Waals surface area contributed by atoms with E-state index >= 15 is 4.39 Å². The van der Waals surface area contributed by atoms with Crippen molar-refractivity contribution in [2.75, 3.05) is 19.7 Å². The minimum atomic E-state index is -5.32. The number of halogens is 6. The number of hydrogen-bond acceptors (Lipinski definition) is 6. The van der Waals surface area contributed by atoms with Crippen molar-refractivity contribution in [1.82, 2.24) is 14.5 Å². The van der Waals surface area contributed by atoms with Gasteiger partial charge in [-0.25, -0.2) is 18.8 Å². The van der Waals surface area contributed by atoms with Crippen molar-refractivity contribution in [1.29, 1.82) is 0 Å². The van der Waals surface area contributed by atoms with Crippen LogP contribution in [-0.4, -0.2) is 65.8 Å². The molecule has 45 heavy (non-hydrogen) atoms. The maximum absolute atomic E-state index is 15.3. The van der Waals surface area contributed by atoms with E-state index in [-0.39, 0.29) is 41.7 Å². The van der Waals surface area contributed by atoms with Crippen molar-refractivity contribution in [3.8, 4) is 0 Å². The summed E-state index contributed by atoms with van der Waals surface area (Å²) in [6.07, 6.45) is -2.53. The monoisotopic (exact) mass is 670 g/mol. The lowest BCUT2D eigenvalue weighted by Crippen LogP contribution is -2.51. The molecule has 3 heterocycles. The summed E-state index contributed by atoms with van der Waals surface area (Å²) in [6.45, 7) is 5.97. The number of carbonyl (C=O) groups excluding carboxylic acids is 1. The summed E-state index contributed by atoms with van der Waals surface area (Å²) in [5.74, 6) is -3.20. The van der Waals surface area contributed by atoms with Gasteiger partial charge in [-0.1, -0.05) is 43.4 Å². The first-order valence-electron chi connectivity index (χ1n) is 14.2. The molecule has 1 N–H and O–H groups in total. The number of aliphatic imine (C=N–C) groups is 1. The van der Waals surface area contributed by atoms with Crippen molar-refractivity contribution in [3.63, 3.8) is 0 Å². The molecule has 5 rings (SSSR count). The highest BCUT2D eigenvalue weighted by Gasteiger charge is 2.59. The van der Waals surface area contributed by atoms with E-state index in [4.69, 9.17) is 21.1 Å². The van der Waals surface area contributed by atoms with E-state index in [9.17, 15) is 27.5 Å². The molecule has 1 fully saturated rings. The molecule has 3 aromatic rings. The Morgan fingerprint density at radius 3 is 2.53 bits per heavy atom. The van der Waals surface area contributed by atoms with Gasteiger partial charge in [0.2, 0.25) is 5.60 Å². The molecule has 2 aliphatic heterocycles. The van der Waals surface area contributed by atoms with Gasteiger partial charge in [-0.15, -0.1) is 0 Å². The summed E-state index contributed by atoms with van der Waals surface area (Å²) >= 11 is 6.07. The minimum absolute atomic E-state index is 0.0848. The lowest BCUT2D eigenvalue weighted by atomic mass is 9.83. The van der Waals surface area contributed by atoms with E-state index < -0.39 is 61.1 Å². The van der Waals surface area contributed by atoms with Gasteiger partial charge in [-0.05, 0) is 43.2 Å². The first kappa shape index (κ1) is 33.0. The Kier molecular flexibility index (Phi) is 8.90. The largest absolute Gasteiger partial charge is 0.470 e. The van der Waals surface area contributed by atoms with Crippen molar-refractivity contribution >= 4 is 37.7 Å². The molecule has 0 bridgehead atoms. The Morgan fingerprint density at radius 2 is 1.87 bits per heavy atom. The Balaban J connectivity index is 1.55. The third-order valence-electron chi connectivity index (χ3n) is 8.03. The molecule has 1 saturated heterocycles. The van der Waals surface area contributed by atoms with Crippen LogP contribution < -0.4 is 0 Å². The summed E-state index contributed by atoms with van der Waals surface area (Å²) in [5.41, 5.74) is -5.68. The fraction of sp³-hybridized carbons (Fsp3) is 0.433. The minimum Gasteiger partial charge on any atom is -0.470 e. The zero-order chi connectivity index (χ0) is 32.8. The first-order chi connectivity index (χ1) is 21.1. The Labute approximate surface area is 262 Å². The number of ether oxygens (including phenoxy) is 2. The van der Waals surface area contributed by atoms with E-state index in [2.05, 4.69) is 29.6 Å². The molecule has 242 valence electrons. The Morgan fingerprint density at radius 1 is 1.16 bits per heavy atom. The van der Waals surface area contributed by atoms with Crippen LogP contribution in [0, 0.1) is 11.6 Å². The molecule has 1 spiro atoms. The Bertz CT molecular complexity index is 1610. The normalized spacial score (nSPS) is 19.7. The number of carbonyl (C=O) groups is 1. The molecule has 1 unspecified atom stereocenters. The van der Waals surface area contributed by atoms with Crippen LogP contribution in [0.1, 0.15) is 40.3 Å². The number of imidazole rings is 1. The summed E-state index contributed by atoms with van der Waals surface area (Å²) in [7, 11) is -1.59. The van der Waals surface area contributed by atoms with Crippen LogP contribution in [0.5, 0.6) is 0 Å². The van der Waals surface area contributed by atoms with Crippen LogP contribution in [0.3, 0.4) is 0 Å². The van der Waals surface area contributed by atoms with Crippen LogP contribution in [-0.2, 0) is 27.4 Å². The second-order valence-electron chi connectivity index (χ2n) is 12.4. The SMILES string of the molecule is C[Si](C)(C)CCOCn1c(C(=O)N2CCC[C@@]3(C2)OC=Nc2ccc(Cl)c(F)c23)cnc1C(O)(c1ccc(F)cc1)C(F)(F)F. The quantitative estimate of drug-likeness (QED) is 0.163. The fourth-order valence-electron chi connectivity index (χ4n) is 5.59. The molecular weight excluding hydrogens is 639 g/mol. The lowest BCUT2D eigenvalue weighted by molar-refractivity contribution is -0.252. The lowest BCUT2D eigenvalue weighted by Gasteiger charge is -2.43. The average molecular weight is 671 g/mol. The second kappa shape index (κ2) is 12.1. The zero-order valence-electron chi connectivity index (χ0n) is 24.8. The van der Waals surface area contributed by atoms with Gasteiger partial charge in [0.15, 0.2) is 23.6 Å². The number of likely N-dealkylation sites (tertiary alicyclic amines) is 1. The third kappa shape index (κ3) is 6.25. The number of rotatable bonds is 8. The van der Waals surface area contributed by atoms with Crippen molar-refractivity contribution in [2.45, 2.75) is 62.6 Å². The fourth-order valence-corrected chi connectivity index (χ4v) is 6.51. The number of alkyl halides is 3. The summed E-state index contributed by atoms with van der Waals surface area (Å²) in [4.78, 5) is 23.4. The van der Waals surface area contributed by atoms with Gasteiger partial charge in [0.25, 0.3) is 5.91 Å². The van der Waals surface area contributed by atoms with Gasteiger partial charge in [0, 0.05) is 26.8 Å². The number of aromatic nitrogens is 2. The highest BCUT2D eigenvalue weighted by atomic mass is 35.5. The smallest absolute Gasteiger partial charge is 0.428 e. The first-order valence-corrected chi connectivity index (χ1v) is 18.3. The number of hydrogen-bond donors (Lipinski definition) is 1. The van der Waals surface area contributed by atoms with Crippen LogP contribution in [0.25, 0.3) is 0 Å². The highest BCUT2D eigenvalue weighted by molar-refractivity contribution is 6.76. The molecule has 0 aliphatic carbocycles. The van der Waals surface area contributed by atoms with Crippen LogP contribution in [0.2, 0.25) is 30.7 Å². The predicted molar refractivity (Wildman–Crippen MR) is 159 cm³/mol. The van der Waals surface area contributed by atoms with Crippen LogP contribution in [0.4, 0.5) is 27.6 Å². The maximum atomic E-state index is 15.3. The van der Waals surface area contributed by atoms with Crippen LogP contribution in [0.15, 0.2) is 47.6 Å². The molecule has 0 radical (unpaired) electrons. The van der Waals surface area contributed by atoms with E-state index in [1.807, 2.05) is 0 Å². The zero-order valence-corrected chi connectivity index (χ0v) is 26.6. The number of nitrogens with zero attached hydrogens (tertiary/aromatic N) is 4. The molecule has 8 nitrogen and oxygen atoms in total. The highest BCUT2D eigenvalue weighted by Crippen LogP contribution is 2.46. The molecule has 15 heteroatoms. The van der Waals surface area contributed by atoms with E-state index in [0.29, 0.717) is 18.9 Å². The van der Waals surface area contributed by atoms with Crippen molar-refractivity contribution < 1.29 is 41.3 Å². The van der Waals surface area contributed by atoms with Gasteiger partial charge >= 0.3 is 6.18 Å². The Hall–Kier alpha value is -3.33. The predicted octanol–water partition coefficient (Wildman–Crippen LogP) is 6.75. The van der Waals surface area contributed by atoms with E-state index in [1.165, 1.54) is 23.4 Å². The number of aliphatic hydroxyl groups is 1. The topological polar surface area (TPSA) is 89.2 Å². The van der Waals surface area contributed by atoms with Gasteiger partial charge in [-0.2, -0.15) is 13.2 Å². The number of piperidine rings is 1. The number of fused-ring (bicyclic) bond motifs is 2. The molecule has 0 saturated carbocycles. The van der Waals surface area contributed by atoms with Gasteiger partial charge < -0.3 is 19.5 Å². The van der Waals surface area contributed by atoms with E-state index in [0.717, 1.165) is 35.0 Å². The molecular formula is C30H32ClF5N4O4Si. The van der Waals surface area contributed by atoms with E-state index in [1.54, 1.807) is 0 Å². The van der Waals surface area contributed by atoms with Crippen molar-refractivity contribution in [3.05, 3.63) is 81.9 Å². The molecule has 1 aromatic heterocycles. The van der Waals surface area contributed by atoms with Gasteiger partial charge in [0.1, 0.15) is 18.2 Å². The number of benzene rings is 2. The maximum Gasteiger partial charge on any atom is 0.428 e. The number of amides is 1. The van der Waals surface area contributed by atoms with Crippen molar-refractivity contribution in [2.24, 2.45) is 4.99 Å². The summed E-state index contributed by atoms with van der Waals surface area (Å²) in [5, 5.41) is 11.2. The second-order valence-corrected chi connectivity index (χ2v) is 18.4.